The summed E-state index contributed by atoms with van der Waals surface area (Å²) in [6.45, 7) is 2.32. The number of fused-ring (bicyclic) bond motifs is 1. The van der Waals surface area contributed by atoms with Gasteiger partial charge in [-0.1, -0.05) is 6.07 Å². The van der Waals surface area contributed by atoms with Crippen molar-refractivity contribution in [2.24, 2.45) is 5.73 Å². The molecular weight excluding hydrogens is 228 g/mol. The van der Waals surface area contributed by atoms with E-state index in [0.29, 0.717) is 13.0 Å². The van der Waals surface area contributed by atoms with Crippen LogP contribution in [0.4, 0.5) is 0 Å². The van der Waals surface area contributed by atoms with E-state index in [1.54, 1.807) is 6.92 Å². The summed E-state index contributed by atoms with van der Waals surface area (Å²) in [5.74, 6) is 0.873. The lowest BCUT2D eigenvalue weighted by atomic mass is 10.1. The van der Waals surface area contributed by atoms with E-state index in [9.17, 15) is 5.11 Å². The van der Waals surface area contributed by atoms with Crippen molar-refractivity contribution >= 4 is 10.9 Å². The van der Waals surface area contributed by atoms with E-state index in [4.69, 9.17) is 10.5 Å². The maximum absolute atomic E-state index is 9.23. The zero-order valence-corrected chi connectivity index (χ0v) is 10.6. The molecule has 0 aliphatic rings. The van der Waals surface area contributed by atoms with E-state index in [2.05, 4.69) is 4.98 Å². The molecule has 0 aliphatic heterocycles. The highest BCUT2D eigenvalue weighted by Gasteiger charge is 2.07. The lowest BCUT2D eigenvalue weighted by molar-refractivity contribution is 0.168. The van der Waals surface area contributed by atoms with Gasteiger partial charge >= 0.3 is 0 Å². The Labute approximate surface area is 107 Å². The molecule has 4 heteroatoms. The minimum absolute atomic E-state index is 0.0181. The lowest BCUT2D eigenvalue weighted by Gasteiger charge is -2.14. The molecule has 1 aromatic carbocycles. The van der Waals surface area contributed by atoms with Gasteiger partial charge in [-0.15, -0.1) is 0 Å². The average Bonchev–Trinajstić information content (AvgIpc) is 2.76. The quantitative estimate of drug-likeness (QED) is 0.732. The van der Waals surface area contributed by atoms with Crippen molar-refractivity contribution in [2.75, 3.05) is 6.61 Å². The van der Waals surface area contributed by atoms with Crippen molar-refractivity contribution in [1.29, 1.82) is 0 Å². The number of aromatic nitrogens is 1. The van der Waals surface area contributed by atoms with Crippen LogP contribution in [0.5, 0.6) is 5.75 Å². The van der Waals surface area contributed by atoms with E-state index < -0.39 is 0 Å². The van der Waals surface area contributed by atoms with Gasteiger partial charge in [0, 0.05) is 23.1 Å². The van der Waals surface area contributed by atoms with Gasteiger partial charge in [0.1, 0.15) is 5.75 Å². The van der Waals surface area contributed by atoms with Crippen LogP contribution in [-0.2, 0) is 0 Å². The van der Waals surface area contributed by atoms with Gasteiger partial charge in [0.2, 0.25) is 0 Å². The zero-order chi connectivity index (χ0) is 13.0. The predicted molar refractivity (Wildman–Crippen MR) is 72.7 cm³/mol. The van der Waals surface area contributed by atoms with Gasteiger partial charge in [-0.25, -0.2) is 0 Å². The Morgan fingerprint density at radius 3 is 3.00 bits per heavy atom. The number of hydrogen-bond acceptors (Lipinski definition) is 3. The fourth-order valence-corrected chi connectivity index (χ4v) is 2.06. The molecule has 0 saturated heterocycles. The molecule has 1 heterocycles. The second-order valence-corrected chi connectivity index (χ2v) is 4.68. The van der Waals surface area contributed by atoms with Crippen molar-refractivity contribution in [2.45, 2.75) is 31.9 Å². The highest BCUT2D eigenvalue weighted by Crippen LogP contribution is 2.24. The molecule has 0 aliphatic carbocycles. The number of H-pyrrole nitrogens is 1. The van der Waals surface area contributed by atoms with Crippen LogP contribution in [0.25, 0.3) is 10.9 Å². The monoisotopic (exact) mass is 248 g/mol. The van der Waals surface area contributed by atoms with Crippen LogP contribution < -0.4 is 10.5 Å². The third-order valence-electron chi connectivity index (χ3n) is 2.95. The fraction of sp³-hybridized carbons (Fsp3) is 0.429. The maximum Gasteiger partial charge on any atom is 0.128 e. The van der Waals surface area contributed by atoms with Crippen molar-refractivity contribution < 1.29 is 9.84 Å². The van der Waals surface area contributed by atoms with Crippen molar-refractivity contribution in [3.8, 4) is 5.75 Å². The molecule has 2 rings (SSSR count). The number of rotatable bonds is 6. The lowest BCUT2D eigenvalue weighted by Crippen LogP contribution is -2.26. The Balaban J connectivity index is 1.88. The SMILES string of the molecule is CC(O)CC(N)CCOc1cccc2[nH]ccc12. The minimum atomic E-state index is -0.354. The number of nitrogens with one attached hydrogen (secondary N) is 1. The summed E-state index contributed by atoms with van der Waals surface area (Å²) in [6.07, 6.45) is 2.90. The van der Waals surface area contributed by atoms with Crippen molar-refractivity contribution in [3.63, 3.8) is 0 Å². The third-order valence-corrected chi connectivity index (χ3v) is 2.95. The van der Waals surface area contributed by atoms with Gasteiger partial charge in [-0.05, 0) is 38.0 Å². The summed E-state index contributed by atoms with van der Waals surface area (Å²) < 4.78 is 5.75. The molecule has 18 heavy (non-hydrogen) atoms. The molecule has 4 N–H and O–H groups in total. The summed E-state index contributed by atoms with van der Waals surface area (Å²) in [7, 11) is 0. The molecule has 2 atom stereocenters. The van der Waals surface area contributed by atoms with Gasteiger partial charge in [-0.3, -0.25) is 0 Å². The summed E-state index contributed by atoms with van der Waals surface area (Å²) in [6, 6.07) is 7.91. The van der Waals surface area contributed by atoms with Crippen LogP contribution in [0.15, 0.2) is 30.5 Å². The largest absolute Gasteiger partial charge is 0.493 e. The molecule has 98 valence electrons. The van der Waals surface area contributed by atoms with Crippen LogP contribution in [0.1, 0.15) is 19.8 Å². The normalized spacial score (nSPS) is 14.6. The molecule has 2 unspecified atom stereocenters. The standard InChI is InChI=1S/C14H20N2O2/c1-10(17)9-11(15)6-8-18-14-4-2-3-13-12(14)5-7-16-13/h2-5,7,10-11,16-17H,6,8-9,15H2,1H3. The van der Waals surface area contributed by atoms with Crippen LogP contribution in [0.2, 0.25) is 0 Å². The number of ether oxygens (including phenoxy) is 1. The summed E-state index contributed by atoms with van der Waals surface area (Å²) in [5.41, 5.74) is 6.96. The first kappa shape index (κ1) is 12.9. The molecule has 0 fully saturated rings. The molecule has 0 spiro atoms. The van der Waals surface area contributed by atoms with E-state index in [-0.39, 0.29) is 12.1 Å². The average molecular weight is 248 g/mol. The second kappa shape index (κ2) is 5.89. The first-order valence-electron chi connectivity index (χ1n) is 6.29. The molecule has 0 radical (unpaired) electrons. The summed E-state index contributed by atoms with van der Waals surface area (Å²) >= 11 is 0. The predicted octanol–water partition coefficient (Wildman–Crippen LogP) is 2.03. The molecule has 1 aromatic heterocycles. The van der Waals surface area contributed by atoms with E-state index in [1.165, 1.54) is 0 Å². The van der Waals surface area contributed by atoms with Gasteiger partial charge < -0.3 is 20.6 Å². The number of aromatic amines is 1. The molecule has 2 aromatic rings. The van der Waals surface area contributed by atoms with Crippen molar-refractivity contribution in [1.82, 2.24) is 4.98 Å². The molecule has 0 saturated carbocycles. The molecule has 4 nitrogen and oxygen atoms in total. The minimum Gasteiger partial charge on any atom is -0.493 e. The number of nitrogens with two attached hydrogens (primary N) is 1. The summed E-state index contributed by atoms with van der Waals surface area (Å²) in [4.78, 5) is 3.15. The fourth-order valence-electron chi connectivity index (χ4n) is 2.06. The van der Waals surface area contributed by atoms with Crippen LogP contribution in [0.3, 0.4) is 0 Å². The Morgan fingerprint density at radius 2 is 2.22 bits per heavy atom. The first-order chi connectivity index (χ1) is 8.66. The highest BCUT2D eigenvalue weighted by molar-refractivity contribution is 5.85. The molecule has 0 bridgehead atoms. The second-order valence-electron chi connectivity index (χ2n) is 4.68. The Hall–Kier alpha value is -1.52. The van der Waals surface area contributed by atoms with Crippen molar-refractivity contribution in [3.05, 3.63) is 30.5 Å². The van der Waals surface area contributed by atoms with Gasteiger partial charge in [0.15, 0.2) is 0 Å². The van der Waals surface area contributed by atoms with Crippen LogP contribution >= 0.6 is 0 Å². The number of aliphatic hydroxyl groups is 1. The highest BCUT2D eigenvalue weighted by atomic mass is 16.5. The molecule has 0 amide bonds. The topological polar surface area (TPSA) is 71.3 Å². The first-order valence-corrected chi connectivity index (χ1v) is 6.29. The Bertz CT molecular complexity index is 493. The summed E-state index contributed by atoms with van der Waals surface area (Å²) in [5, 5.41) is 10.3. The van der Waals surface area contributed by atoms with E-state index >= 15 is 0 Å². The smallest absolute Gasteiger partial charge is 0.128 e. The van der Waals surface area contributed by atoms with Gasteiger partial charge in [0.25, 0.3) is 0 Å². The third kappa shape index (κ3) is 3.24. The van der Waals surface area contributed by atoms with Gasteiger partial charge in [0.05, 0.1) is 12.7 Å². The van der Waals surface area contributed by atoms with Gasteiger partial charge in [-0.2, -0.15) is 0 Å². The Morgan fingerprint density at radius 1 is 1.39 bits per heavy atom. The molecular formula is C14H20N2O2. The maximum atomic E-state index is 9.23. The van der Waals surface area contributed by atoms with Crippen LogP contribution in [-0.4, -0.2) is 28.8 Å². The number of aliphatic hydroxyl groups excluding tert-OH is 1. The van der Waals surface area contributed by atoms with Crippen LogP contribution in [0, 0.1) is 0 Å². The van der Waals surface area contributed by atoms with E-state index in [1.807, 2.05) is 30.5 Å². The Kier molecular flexibility index (Phi) is 4.23. The zero-order valence-electron chi connectivity index (χ0n) is 10.6. The number of hydrogen-bond donors (Lipinski definition) is 3. The van der Waals surface area contributed by atoms with E-state index in [0.717, 1.165) is 23.1 Å². The number of benzene rings is 1.